The van der Waals surface area contributed by atoms with Gasteiger partial charge in [0.15, 0.2) is 0 Å². The third-order valence-electron chi connectivity index (χ3n) is 3.48. The number of hydrogen-bond donors (Lipinski definition) is 0. The lowest BCUT2D eigenvalue weighted by atomic mass is 10.2. The molecule has 0 radical (unpaired) electrons. The molecule has 1 heterocycles. The van der Waals surface area contributed by atoms with Gasteiger partial charge in [0.25, 0.3) is 0 Å². The number of rotatable bonds is 8. The van der Waals surface area contributed by atoms with Gasteiger partial charge >= 0.3 is 0 Å². The molecule has 0 amide bonds. The van der Waals surface area contributed by atoms with Crippen molar-refractivity contribution < 1.29 is 0 Å². The van der Waals surface area contributed by atoms with Crippen molar-refractivity contribution in [2.24, 2.45) is 0 Å². The molecule has 114 valence electrons. The van der Waals surface area contributed by atoms with Gasteiger partial charge in [0, 0.05) is 24.6 Å². The third kappa shape index (κ3) is 4.62. The molecule has 0 aliphatic carbocycles. The molecule has 0 aliphatic rings. The first-order valence-corrected chi connectivity index (χ1v) is 8.18. The van der Waals surface area contributed by atoms with Gasteiger partial charge in [-0.3, -0.25) is 0 Å². The van der Waals surface area contributed by atoms with Crippen molar-refractivity contribution in [3.63, 3.8) is 0 Å². The Morgan fingerprint density at radius 1 is 1.10 bits per heavy atom. The van der Waals surface area contributed by atoms with Crippen LogP contribution >= 0.6 is 11.6 Å². The summed E-state index contributed by atoms with van der Waals surface area (Å²) >= 11 is 6.29. The summed E-state index contributed by atoms with van der Waals surface area (Å²) in [6, 6.07) is 0.422. The zero-order valence-electron chi connectivity index (χ0n) is 13.5. The van der Waals surface area contributed by atoms with Crippen LogP contribution in [0.25, 0.3) is 0 Å². The third-order valence-corrected chi connectivity index (χ3v) is 3.85. The van der Waals surface area contributed by atoms with Crippen molar-refractivity contribution in [2.45, 2.75) is 72.8 Å². The lowest BCUT2D eigenvalue weighted by Gasteiger charge is -2.29. The van der Waals surface area contributed by atoms with Crippen LogP contribution in [0.1, 0.15) is 64.8 Å². The quantitative estimate of drug-likeness (QED) is 0.510. The molecule has 0 unspecified atom stereocenters. The summed E-state index contributed by atoms with van der Waals surface area (Å²) < 4.78 is 0. The molecule has 3 nitrogen and oxygen atoms in total. The second kappa shape index (κ2) is 8.46. The first-order chi connectivity index (χ1) is 9.51. The van der Waals surface area contributed by atoms with Crippen molar-refractivity contribution in [1.82, 2.24) is 9.97 Å². The number of halogens is 1. The van der Waals surface area contributed by atoms with E-state index < -0.39 is 0 Å². The average Bonchev–Trinajstić information content (AvgIpc) is 2.39. The zero-order chi connectivity index (χ0) is 15.1. The molecular formula is C16H28ClN3. The van der Waals surface area contributed by atoms with Gasteiger partial charge in [-0.05, 0) is 33.6 Å². The number of nitrogens with zero attached hydrogens (tertiary/aromatic N) is 3. The molecule has 0 saturated heterocycles. The summed E-state index contributed by atoms with van der Waals surface area (Å²) in [5.74, 6) is 1.87. The van der Waals surface area contributed by atoms with Crippen LogP contribution in [-0.2, 0) is 6.42 Å². The Kier molecular flexibility index (Phi) is 7.28. The number of unbranched alkanes of at least 4 members (excludes halogenated alkanes) is 2. The maximum absolute atomic E-state index is 6.29. The summed E-state index contributed by atoms with van der Waals surface area (Å²) in [5.41, 5.74) is 0.997. The van der Waals surface area contributed by atoms with E-state index in [9.17, 15) is 0 Å². The highest BCUT2D eigenvalue weighted by Crippen LogP contribution is 2.25. The lowest BCUT2D eigenvalue weighted by Crippen LogP contribution is -2.33. The Labute approximate surface area is 128 Å². The number of anilines is 1. The standard InChI is InChI=1S/C16H28ClN3/c1-6-8-9-11-20(12(3)4)16-13(5)15(17)18-14(19-16)10-7-2/h12H,6-11H2,1-5H3. The van der Waals surface area contributed by atoms with E-state index in [4.69, 9.17) is 16.6 Å². The van der Waals surface area contributed by atoms with E-state index in [1.807, 2.05) is 6.92 Å². The van der Waals surface area contributed by atoms with E-state index in [0.717, 1.165) is 36.6 Å². The molecule has 0 aliphatic heterocycles. The summed E-state index contributed by atoms with van der Waals surface area (Å²) in [7, 11) is 0. The monoisotopic (exact) mass is 297 g/mol. The van der Waals surface area contributed by atoms with E-state index in [0.29, 0.717) is 11.2 Å². The minimum atomic E-state index is 0.422. The van der Waals surface area contributed by atoms with Crippen LogP contribution in [0.3, 0.4) is 0 Å². The van der Waals surface area contributed by atoms with E-state index in [1.165, 1.54) is 19.3 Å². The van der Waals surface area contributed by atoms with E-state index in [1.54, 1.807) is 0 Å². The molecule has 0 N–H and O–H groups in total. The maximum Gasteiger partial charge on any atom is 0.137 e. The molecule has 0 atom stereocenters. The molecule has 20 heavy (non-hydrogen) atoms. The predicted molar refractivity (Wildman–Crippen MR) is 87.8 cm³/mol. The van der Waals surface area contributed by atoms with Crippen molar-refractivity contribution in [2.75, 3.05) is 11.4 Å². The molecule has 0 bridgehead atoms. The first-order valence-electron chi connectivity index (χ1n) is 7.80. The predicted octanol–water partition coefficient (Wildman–Crippen LogP) is 4.80. The highest BCUT2D eigenvalue weighted by molar-refractivity contribution is 6.30. The van der Waals surface area contributed by atoms with Gasteiger partial charge in [-0.1, -0.05) is 38.3 Å². The summed E-state index contributed by atoms with van der Waals surface area (Å²) in [6.07, 6.45) is 5.60. The van der Waals surface area contributed by atoms with E-state index in [-0.39, 0.29) is 0 Å². The lowest BCUT2D eigenvalue weighted by molar-refractivity contribution is 0.615. The van der Waals surface area contributed by atoms with E-state index >= 15 is 0 Å². The van der Waals surface area contributed by atoms with Gasteiger partial charge in [-0.15, -0.1) is 0 Å². The molecule has 1 aromatic rings. The normalized spacial score (nSPS) is 11.2. The fourth-order valence-corrected chi connectivity index (χ4v) is 2.46. The topological polar surface area (TPSA) is 29.0 Å². The smallest absolute Gasteiger partial charge is 0.137 e. The largest absolute Gasteiger partial charge is 0.354 e. The summed E-state index contributed by atoms with van der Waals surface area (Å²) in [6.45, 7) is 11.8. The fraction of sp³-hybridized carbons (Fsp3) is 0.750. The van der Waals surface area contributed by atoms with Crippen LogP contribution in [0, 0.1) is 6.92 Å². The first kappa shape index (κ1) is 17.2. The minimum Gasteiger partial charge on any atom is -0.354 e. The Hall–Kier alpha value is -0.830. The van der Waals surface area contributed by atoms with E-state index in [2.05, 4.69) is 37.6 Å². The highest BCUT2D eigenvalue weighted by atomic mass is 35.5. The molecule has 1 rings (SSSR count). The highest BCUT2D eigenvalue weighted by Gasteiger charge is 2.17. The van der Waals surface area contributed by atoms with Crippen LogP contribution in [0.5, 0.6) is 0 Å². The van der Waals surface area contributed by atoms with Crippen molar-refractivity contribution >= 4 is 17.4 Å². The average molecular weight is 298 g/mol. The van der Waals surface area contributed by atoms with Crippen LogP contribution in [-0.4, -0.2) is 22.6 Å². The van der Waals surface area contributed by atoms with Crippen LogP contribution < -0.4 is 4.90 Å². The van der Waals surface area contributed by atoms with Gasteiger partial charge in [0.1, 0.15) is 16.8 Å². The molecule has 1 aromatic heterocycles. The second-order valence-corrected chi connectivity index (χ2v) is 5.98. The van der Waals surface area contributed by atoms with Gasteiger partial charge < -0.3 is 4.90 Å². The van der Waals surface area contributed by atoms with Crippen molar-refractivity contribution in [1.29, 1.82) is 0 Å². The maximum atomic E-state index is 6.29. The van der Waals surface area contributed by atoms with Crippen LogP contribution in [0.4, 0.5) is 5.82 Å². The Morgan fingerprint density at radius 3 is 2.35 bits per heavy atom. The SMILES string of the molecule is CCCCCN(c1nc(CCC)nc(Cl)c1C)C(C)C. The second-order valence-electron chi connectivity index (χ2n) is 5.62. The van der Waals surface area contributed by atoms with Crippen LogP contribution in [0.2, 0.25) is 5.15 Å². The van der Waals surface area contributed by atoms with Crippen molar-refractivity contribution in [3.05, 3.63) is 16.5 Å². The summed E-state index contributed by atoms with van der Waals surface area (Å²) in [4.78, 5) is 11.5. The Bertz CT molecular complexity index is 418. The Balaban J connectivity index is 3.04. The van der Waals surface area contributed by atoms with Gasteiger partial charge in [-0.25, -0.2) is 9.97 Å². The fourth-order valence-electron chi connectivity index (χ4n) is 2.28. The molecule has 0 spiro atoms. The van der Waals surface area contributed by atoms with Crippen LogP contribution in [0.15, 0.2) is 0 Å². The molecule has 0 aromatic carbocycles. The summed E-state index contributed by atoms with van der Waals surface area (Å²) in [5, 5.41) is 0.597. The van der Waals surface area contributed by atoms with Gasteiger partial charge in [0.2, 0.25) is 0 Å². The number of hydrogen-bond acceptors (Lipinski definition) is 3. The minimum absolute atomic E-state index is 0.422. The molecule has 4 heteroatoms. The molecule has 0 saturated carbocycles. The van der Waals surface area contributed by atoms with Gasteiger partial charge in [-0.2, -0.15) is 0 Å². The molecular weight excluding hydrogens is 270 g/mol. The van der Waals surface area contributed by atoms with Crippen molar-refractivity contribution in [3.8, 4) is 0 Å². The van der Waals surface area contributed by atoms with Gasteiger partial charge in [0.05, 0.1) is 0 Å². The zero-order valence-corrected chi connectivity index (χ0v) is 14.3. The number of aryl methyl sites for hydroxylation is 1. The molecule has 0 fully saturated rings. The number of aromatic nitrogens is 2. The Morgan fingerprint density at radius 2 is 1.80 bits per heavy atom.